The minimum atomic E-state index is 0.248. The van der Waals surface area contributed by atoms with Gasteiger partial charge in [-0.1, -0.05) is 20.8 Å². The lowest BCUT2D eigenvalue weighted by molar-refractivity contribution is 0.738. The van der Waals surface area contributed by atoms with Gasteiger partial charge in [0.2, 0.25) is 0 Å². The molecule has 0 spiro atoms. The third-order valence-electron chi connectivity index (χ3n) is 3.12. The summed E-state index contributed by atoms with van der Waals surface area (Å²) in [7, 11) is 0. The minimum Gasteiger partial charge on any atom is -0.363 e. The number of hydrogen-bond acceptors (Lipinski definition) is 4. The number of nitrogens with one attached hydrogen (secondary N) is 1. The molecular formula is C15H20N4. The predicted molar refractivity (Wildman–Crippen MR) is 77.0 cm³/mol. The molecule has 0 aliphatic heterocycles. The van der Waals surface area contributed by atoms with E-state index in [2.05, 4.69) is 41.0 Å². The van der Waals surface area contributed by atoms with Crippen molar-refractivity contribution in [1.82, 2.24) is 15.0 Å². The molecule has 0 saturated heterocycles. The second kappa shape index (κ2) is 6.27. The van der Waals surface area contributed by atoms with Gasteiger partial charge in [-0.2, -0.15) is 0 Å². The van der Waals surface area contributed by atoms with Crippen molar-refractivity contribution in [3.05, 3.63) is 48.2 Å². The lowest BCUT2D eigenvalue weighted by atomic mass is 10.1. The quantitative estimate of drug-likeness (QED) is 0.888. The fraction of sp³-hybridized carbons (Fsp3) is 0.400. The third-order valence-corrected chi connectivity index (χ3v) is 3.12. The van der Waals surface area contributed by atoms with Gasteiger partial charge in [0.15, 0.2) is 0 Å². The van der Waals surface area contributed by atoms with Crippen LogP contribution in [-0.4, -0.2) is 15.0 Å². The topological polar surface area (TPSA) is 50.7 Å². The summed E-state index contributed by atoms with van der Waals surface area (Å²) in [5, 5.41) is 3.46. The van der Waals surface area contributed by atoms with E-state index in [1.165, 1.54) is 5.56 Å². The van der Waals surface area contributed by atoms with Gasteiger partial charge in [0.05, 0.1) is 6.04 Å². The van der Waals surface area contributed by atoms with Gasteiger partial charge in [-0.25, -0.2) is 9.97 Å². The van der Waals surface area contributed by atoms with E-state index in [1.807, 2.05) is 30.6 Å². The van der Waals surface area contributed by atoms with Crippen LogP contribution in [0.4, 0.5) is 5.82 Å². The van der Waals surface area contributed by atoms with Crippen LogP contribution in [0.2, 0.25) is 0 Å². The summed E-state index contributed by atoms with van der Waals surface area (Å²) in [6, 6.07) is 6.34. The van der Waals surface area contributed by atoms with Crippen LogP contribution in [0, 0.1) is 0 Å². The van der Waals surface area contributed by atoms with Crippen LogP contribution in [0.5, 0.6) is 0 Å². The SMILES string of the molecule is CCC(Nc1cc(C(C)C)ncn1)c1ccncc1. The van der Waals surface area contributed by atoms with Crippen LogP contribution in [0.25, 0.3) is 0 Å². The number of rotatable bonds is 5. The summed E-state index contributed by atoms with van der Waals surface area (Å²) in [4.78, 5) is 12.6. The van der Waals surface area contributed by atoms with E-state index in [0.717, 1.165) is 17.9 Å². The molecule has 0 bridgehead atoms. The molecule has 0 fully saturated rings. The second-order valence-electron chi connectivity index (χ2n) is 4.87. The molecular weight excluding hydrogens is 236 g/mol. The lowest BCUT2D eigenvalue weighted by Gasteiger charge is -2.18. The van der Waals surface area contributed by atoms with Crippen LogP contribution in [-0.2, 0) is 0 Å². The van der Waals surface area contributed by atoms with E-state index >= 15 is 0 Å². The highest BCUT2D eigenvalue weighted by molar-refractivity contribution is 5.39. The van der Waals surface area contributed by atoms with Gasteiger partial charge in [0, 0.05) is 24.2 Å². The van der Waals surface area contributed by atoms with E-state index < -0.39 is 0 Å². The molecule has 0 aliphatic carbocycles. The van der Waals surface area contributed by atoms with Gasteiger partial charge < -0.3 is 5.32 Å². The summed E-state index contributed by atoms with van der Waals surface area (Å²) in [6.45, 7) is 6.42. The van der Waals surface area contributed by atoms with Crippen molar-refractivity contribution in [1.29, 1.82) is 0 Å². The zero-order chi connectivity index (χ0) is 13.7. The first-order valence-electron chi connectivity index (χ1n) is 6.69. The average molecular weight is 256 g/mol. The lowest BCUT2D eigenvalue weighted by Crippen LogP contribution is -2.11. The van der Waals surface area contributed by atoms with Crippen LogP contribution >= 0.6 is 0 Å². The van der Waals surface area contributed by atoms with E-state index in [1.54, 1.807) is 6.33 Å². The van der Waals surface area contributed by atoms with Crippen molar-refractivity contribution < 1.29 is 0 Å². The zero-order valence-electron chi connectivity index (χ0n) is 11.7. The molecule has 19 heavy (non-hydrogen) atoms. The van der Waals surface area contributed by atoms with E-state index in [-0.39, 0.29) is 6.04 Å². The standard InChI is InChI=1S/C15H20N4/c1-4-13(12-5-7-16-8-6-12)19-15-9-14(11(2)3)17-10-18-15/h5-11,13H,4H2,1-3H3,(H,17,18,19). The number of pyridine rings is 1. The fourth-order valence-corrected chi connectivity index (χ4v) is 1.96. The molecule has 0 aliphatic rings. The highest BCUT2D eigenvalue weighted by Crippen LogP contribution is 2.22. The molecule has 4 nitrogen and oxygen atoms in total. The molecule has 2 heterocycles. The van der Waals surface area contributed by atoms with Gasteiger partial charge in [0.1, 0.15) is 12.1 Å². The van der Waals surface area contributed by atoms with Crippen molar-refractivity contribution in [2.24, 2.45) is 0 Å². The van der Waals surface area contributed by atoms with E-state index in [9.17, 15) is 0 Å². The molecule has 100 valence electrons. The fourth-order valence-electron chi connectivity index (χ4n) is 1.96. The van der Waals surface area contributed by atoms with Crippen LogP contribution < -0.4 is 5.32 Å². The van der Waals surface area contributed by atoms with Crippen LogP contribution in [0.1, 0.15) is 50.4 Å². The number of anilines is 1. The van der Waals surface area contributed by atoms with Crippen LogP contribution in [0.3, 0.4) is 0 Å². The first kappa shape index (κ1) is 13.5. The maximum absolute atomic E-state index is 4.30. The molecule has 4 heteroatoms. The Balaban J connectivity index is 2.17. The summed E-state index contributed by atoms with van der Waals surface area (Å²) < 4.78 is 0. The van der Waals surface area contributed by atoms with E-state index in [4.69, 9.17) is 0 Å². The Kier molecular flexibility index (Phi) is 4.44. The predicted octanol–water partition coefficient (Wildman–Crippen LogP) is 3.56. The summed E-state index contributed by atoms with van der Waals surface area (Å²) in [6.07, 6.45) is 6.25. The summed E-state index contributed by atoms with van der Waals surface area (Å²) in [5.74, 6) is 1.28. The first-order valence-corrected chi connectivity index (χ1v) is 6.69. The Hall–Kier alpha value is -1.97. The highest BCUT2D eigenvalue weighted by atomic mass is 15.0. The Bertz CT molecular complexity index is 511. The largest absolute Gasteiger partial charge is 0.363 e. The van der Waals surface area contributed by atoms with Crippen molar-refractivity contribution in [2.45, 2.75) is 39.2 Å². The van der Waals surface area contributed by atoms with Gasteiger partial charge >= 0.3 is 0 Å². The first-order chi connectivity index (χ1) is 9.20. The molecule has 0 saturated carbocycles. The molecule has 0 aromatic carbocycles. The van der Waals surface area contributed by atoms with Gasteiger partial charge in [-0.05, 0) is 30.0 Å². The Morgan fingerprint density at radius 3 is 2.53 bits per heavy atom. The normalized spacial score (nSPS) is 12.4. The Morgan fingerprint density at radius 1 is 1.16 bits per heavy atom. The van der Waals surface area contributed by atoms with Gasteiger partial charge in [-0.15, -0.1) is 0 Å². The molecule has 1 N–H and O–H groups in total. The zero-order valence-corrected chi connectivity index (χ0v) is 11.7. The van der Waals surface area contributed by atoms with Gasteiger partial charge in [-0.3, -0.25) is 4.98 Å². The molecule has 2 rings (SSSR count). The van der Waals surface area contributed by atoms with Crippen molar-refractivity contribution >= 4 is 5.82 Å². The summed E-state index contributed by atoms with van der Waals surface area (Å²) in [5.41, 5.74) is 2.28. The van der Waals surface area contributed by atoms with Crippen molar-refractivity contribution in [2.75, 3.05) is 5.32 Å². The van der Waals surface area contributed by atoms with Crippen molar-refractivity contribution in [3.8, 4) is 0 Å². The molecule has 0 radical (unpaired) electrons. The van der Waals surface area contributed by atoms with Gasteiger partial charge in [0.25, 0.3) is 0 Å². The molecule has 1 atom stereocenters. The third kappa shape index (κ3) is 3.50. The summed E-state index contributed by atoms with van der Waals surface area (Å²) >= 11 is 0. The Labute approximate surface area is 114 Å². The Morgan fingerprint density at radius 2 is 1.89 bits per heavy atom. The number of hydrogen-bond donors (Lipinski definition) is 1. The number of nitrogens with zero attached hydrogens (tertiary/aromatic N) is 3. The number of aromatic nitrogens is 3. The highest BCUT2D eigenvalue weighted by Gasteiger charge is 2.10. The second-order valence-corrected chi connectivity index (χ2v) is 4.87. The minimum absolute atomic E-state index is 0.248. The van der Waals surface area contributed by atoms with Crippen LogP contribution in [0.15, 0.2) is 36.9 Å². The molecule has 2 aromatic rings. The molecule has 2 aromatic heterocycles. The molecule has 0 amide bonds. The molecule has 1 unspecified atom stereocenters. The monoisotopic (exact) mass is 256 g/mol. The smallest absolute Gasteiger partial charge is 0.130 e. The van der Waals surface area contributed by atoms with E-state index in [0.29, 0.717) is 5.92 Å². The van der Waals surface area contributed by atoms with Crippen molar-refractivity contribution in [3.63, 3.8) is 0 Å². The average Bonchev–Trinajstić information content (AvgIpc) is 2.46. The maximum Gasteiger partial charge on any atom is 0.130 e. The maximum atomic E-state index is 4.30.